The second kappa shape index (κ2) is 5.79. The molecule has 110 valence electrons. The lowest BCUT2D eigenvalue weighted by Crippen LogP contribution is -2.43. The number of hydrogen-bond donors (Lipinski definition) is 0. The van der Waals surface area contributed by atoms with E-state index in [4.69, 9.17) is 4.74 Å². The molecule has 0 bridgehead atoms. The Labute approximate surface area is 115 Å². The van der Waals surface area contributed by atoms with Gasteiger partial charge in [0.15, 0.2) is 0 Å². The van der Waals surface area contributed by atoms with E-state index in [0.29, 0.717) is 31.8 Å². The van der Waals surface area contributed by atoms with E-state index in [1.54, 1.807) is 4.31 Å². The fourth-order valence-electron chi connectivity index (χ4n) is 2.90. The van der Waals surface area contributed by atoms with Gasteiger partial charge < -0.3 is 4.74 Å². The van der Waals surface area contributed by atoms with Crippen molar-refractivity contribution in [2.45, 2.75) is 44.3 Å². The molecule has 2 unspecified atom stereocenters. The molecule has 0 amide bonds. The van der Waals surface area contributed by atoms with Gasteiger partial charge in [-0.25, -0.2) is 12.7 Å². The zero-order chi connectivity index (χ0) is 14.0. The van der Waals surface area contributed by atoms with Crippen LogP contribution in [0.2, 0.25) is 0 Å². The van der Waals surface area contributed by atoms with Crippen LogP contribution in [0.5, 0.6) is 0 Å². The van der Waals surface area contributed by atoms with Gasteiger partial charge in [0.1, 0.15) is 0 Å². The van der Waals surface area contributed by atoms with Crippen molar-refractivity contribution in [1.82, 2.24) is 4.31 Å². The van der Waals surface area contributed by atoms with Crippen molar-refractivity contribution in [1.29, 1.82) is 0 Å². The minimum atomic E-state index is -3.38. The highest BCUT2D eigenvalue weighted by Crippen LogP contribution is 2.36. The smallest absolute Gasteiger partial charge is 0.310 e. The summed E-state index contributed by atoms with van der Waals surface area (Å²) >= 11 is 0. The van der Waals surface area contributed by atoms with Gasteiger partial charge >= 0.3 is 5.97 Å². The molecule has 2 aliphatic rings. The molecule has 2 saturated carbocycles. The van der Waals surface area contributed by atoms with Crippen molar-refractivity contribution in [3.63, 3.8) is 0 Å². The van der Waals surface area contributed by atoms with E-state index in [1.807, 2.05) is 6.92 Å². The summed E-state index contributed by atoms with van der Waals surface area (Å²) in [4.78, 5) is 11.7. The predicted octanol–water partition coefficient (Wildman–Crippen LogP) is 1.39. The molecule has 0 spiro atoms. The zero-order valence-electron chi connectivity index (χ0n) is 11.7. The molecular formula is C13H23NO4S. The Balaban J connectivity index is 2.14. The number of methoxy groups -OCH3 is 1. The van der Waals surface area contributed by atoms with Crippen molar-refractivity contribution >= 4 is 16.0 Å². The van der Waals surface area contributed by atoms with Gasteiger partial charge in [0.2, 0.25) is 10.0 Å². The van der Waals surface area contributed by atoms with Crippen LogP contribution in [-0.4, -0.2) is 44.1 Å². The van der Waals surface area contributed by atoms with Crippen LogP contribution >= 0.6 is 0 Å². The summed E-state index contributed by atoms with van der Waals surface area (Å²) in [6.07, 6.45) is 4.22. The summed E-state index contributed by atoms with van der Waals surface area (Å²) in [7, 11) is -2.05. The molecule has 19 heavy (non-hydrogen) atoms. The SMILES string of the molecule is CCN(CC1CC1)S(=O)(=O)C1CCCC1C(=O)OC. The molecule has 2 rings (SSSR count). The maximum Gasteiger partial charge on any atom is 0.310 e. The number of nitrogens with zero attached hydrogens (tertiary/aromatic N) is 1. The van der Waals surface area contributed by atoms with Gasteiger partial charge in [-0.05, 0) is 31.6 Å². The van der Waals surface area contributed by atoms with Crippen molar-refractivity contribution in [2.75, 3.05) is 20.2 Å². The van der Waals surface area contributed by atoms with Crippen molar-refractivity contribution in [3.8, 4) is 0 Å². The lowest BCUT2D eigenvalue weighted by Gasteiger charge is -2.26. The Morgan fingerprint density at radius 2 is 1.95 bits per heavy atom. The lowest BCUT2D eigenvalue weighted by atomic mass is 10.1. The molecule has 0 heterocycles. The summed E-state index contributed by atoms with van der Waals surface area (Å²) in [5.41, 5.74) is 0. The molecule has 0 aliphatic heterocycles. The van der Waals surface area contributed by atoms with Crippen LogP contribution in [0.4, 0.5) is 0 Å². The first-order chi connectivity index (χ1) is 9.00. The van der Waals surface area contributed by atoms with Gasteiger partial charge in [-0.3, -0.25) is 4.79 Å². The van der Waals surface area contributed by atoms with E-state index in [9.17, 15) is 13.2 Å². The number of esters is 1. The Bertz CT molecular complexity index is 430. The number of rotatable bonds is 6. The van der Waals surface area contributed by atoms with Crippen molar-refractivity contribution in [2.24, 2.45) is 11.8 Å². The minimum absolute atomic E-state index is 0.381. The number of hydrogen-bond acceptors (Lipinski definition) is 4. The molecule has 2 aliphatic carbocycles. The van der Waals surface area contributed by atoms with E-state index in [0.717, 1.165) is 19.3 Å². The molecule has 0 aromatic rings. The molecule has 5 nitrogen and oxygen atoms in total. The van der Waals surface area contributed by atoms with Gasteiger partial charge in [-0.2, -0.15) is 0 Å². The molecule has 2 atom stereocenters. The maximum atomic E-state index is 12.7. The fourth-order valence-corrected chi connectivity index (χ4v) is 5.18. The number of carbonyl (C=O) groups excluding carboxylic acids is 1. The molecule has 0 radical (unpaired) electrons. The second-order valence-corrected chi connectivity index (χ2v) is 7.69. The summed E-state index contributed by atoms with van der Waals surface area (Å²) in [5.74, 6) is -0.343. The largest absolute Gasteiger partial charge is 0.469 e. The quantitative estimate of drug-likeness (QED) is 0.693. The molecule has 0 aromatic heterocycles. The fraction of sp³-hybridized carbons (Fsp3) is 0.923. The minimum Gasteiger partial charge on any atom is -0.469 e. The van der Waals surface area contributed by atoms with Gasteiger partial charge in [0.25, 0.3) is 0 Å². The predicted molar refractivity (Wildman–Crippen MR) is 72.0 cm³/mol. The molecular weight excluding hydrogens is 266 g/mol. The van der Waals surface area contributed by atoms with E-state index in [1.165, 1.54) is 7.11 Å². The number of carbonyl (C=O) groups is 1. The van der Waals surface area contributed by atoms with Crippen LogP contribution in [-0.2, 0) is 19.6 Å². The molecule has 6 heteroatoms. The highest BCUT2D eigenvalue weighted by atomic mass is 32.2. The first-order valence-electron chi connectivity index (χ1n) is 7.07. The zero-order valence-corrected chi connectivity index (χ0v) is 12.5. The van der Waals surface area contributed by atoms with E-state index in [-0.39, 0.29) is 5.97 Å². The van der Waals surface area contributed by atoms with Crippen LogP contribution in [0.3, 0.4) is 0 Å². The second-order valence-electron chi connectivity index (χ2n) is 5.54. The van der Waals surface area contributed by atoms with Gasteiger partial charge in [-0.1, -0.05) is 13.3 Å². The third-order valence-electron chi connectivity index (χ3n) is 4.21. The Morgan fingerprint density at radius 1 is 1.26 bits per heavy atom. The average Bonchev–Trinajstić information content (AvgIpc) is 3.07. The highest BCUT2D eigenvalue weighted by Gasteiger charge is 2.45. The monoisotopic (exact) mass is 289 g/mol. The van der Waals surface area contributed by atoms with Crippen molar-refractivity contribution in [3.05, 3.63) is 0 Å². The van der Waals surface area contributed by atoms with E-state index < -0.39 is 21.2 Å². The first-order valence-corrected chi connectivity index (χ1v) is 8.57. The summed E-state index contributed by atoms with van der Waals surface area (Å²) in [5, 5.41) is -0.585. The molecule has 0 saturated heterocycles. The number of sulfonamides is 1. The Hall–Kier alpha value is -0.620. The van der Waals surface area contributed by atoms with Crippen LogP contribution in [0, 0.1) is 11.8 Å². The van der Waals surface area contributed by atoms with Gasteiger partial charge in [0, 0.05) is 13.1 Å². The normalized spacial score (nSPS) is 27.7. The Kier molecular flexibility index (Phi) is 4.50. The summed E-state index contributed by atoms with van der Waals surface area (Å²) in [6.45, 7) is 2.97. The third-order valence-corrected chi connectivity index (χ3v) is 6.67. The third kappa shape index (κ3) is 3.11. The van der Waals surface area contributed by atoms with E-state index in [2.05, 4.69) is 0 Å². The van der Waals surface area contributed by atoms with Gasteiger partial charge in [0.05, 0.1) is 18.3 Å². The van der Waals surface area contributed by atoms with Crippen LogP contribution in [0.15, 0.2) is 0 Å². The standard InChI is InChI=1S/C13H23NO4S/c1-3-14(9-10-7-8-10)19(16,17)12-6-4-5-11(12)13(15)18-2/h10-12H,3-9H2,1-2H3. The first kappa shape index (κ1) is 14.8. The summed E-state index contributed by atoms with van der Waals surface area (Å²) < 4.78 is 31.7. The number of ether oxygens (including phenoxy) is 1. The lowest BCUT2D eigenvalue weighted by molar-refractivity contribution is -0.145. The molecule has 0 N–H and O–H groups in total. The molecule has 0 aromatic carbocycles. The molecule has 2 fully saturated rings. The van der Waals surface area contributed by atoms with Crippen molar-refractivity contribution < 1.29 is 17.9 Å². The summed E-state index contributed by atoms with van der Waals surface area (Å²) in [6, 6.07) is 0. The van der Waals surface area contributed by atoms with Gasteiger partial charge in [-0.15, -0.1) is 0 Å². The Morgan fingerprint density at radius 3 is 2.47 bits per heavy atom. The maximum absolute atomic E-state index is 12.7. The average molecular weight is 289 g/mol. The topological polar surface area (TPSA) is 63.7 Å². The van der Waals surface area contributed by atoms with E-state index >= 15 is 0 Å². The van der Waals surface area contributed by atoms with Crippen LogP contribution in [0.25, 0.3) is 0 Å². The van der Waals surface area contributed by atoms with Crippen LogP contribution < -0.4 is 0 Å². The highest BCUT2D eigenvalue weighted by molar-refractivity contribution is 7.89. The van der Waals surface area contributed by atoms with Crippen LogP contribution in [0.1, 0.15) is 39.0 Å².